The highest BCUT2D eigenvalue weighted by Gasteiger charge is 2.76. The minimum absolute atomic E-state index is 0.0179. The predicted molar refractivity (Wildman–Crippen MR) is 97.3 cm³/mol. The molecule has 7 atom stereocenters. The van der Waals surface area contributed by atoms with E-state index in [4.69, 9.17) is 4.74 Å². The number of aliphatic hydroxyl groups is 1. The summed E-state index contributed by atoms with van der Waals surface area (Å²) in [6.45, 7) is 4.95. The van der Waals surface area contributed by atoms with Crippen molar-refractivity contribution in [2.45, 2.75) is 69.9 Å². The lowest BCUT2D eigenvalue weighted by Crippen LogP contribution is -2.73. The number of nitrogens with zero attached hydrogens (tertiary/aromatic N) is 1. The van der Waals surface area contributed by atoms with Gasteiger partial charge in [-0.3, -0.25) is 9.69 Å². The SMILES string of the molecule is C[C@@H]1CN2C[C@H]3CC[C@H]4CCC=C4[C@]45CCC(=O)OC[C@]34CC[C@@]1(O)[C@H]25. The Bertz CT molecular complexity index is 704. The molecule has 0 aromatic carbocycles. The molecular formula is C22H31NO3. The van der Waals surface area contributed by atoms with Crippen LogP contribution in [0.3, 0.4) is 0 Å². The maximum Gasteiger partial charge on any atom is 0.305 e. The summed E-state index contributed by atoms with van der Waals surface area (Å²) in [5, 5.41) is 11.9. The molecule has 3 saturated heterocycles. The highest BCUT2D eigenvalue weighted by molar-refractivity contribution is 5.70. The van der Waals surface area contributed by atoms with Gasteiger partial charge in [-0.15, -0.1) is 0 Å². The lowest BCUT2D eigenvalue weighted by molar-refractivity contribution is -0.215. The van der Waals surface area contributed by atoms with E-state index in [2.05, 4.69) is 17.9 Å². The molecule has 6 aliphatic rings. The van der Waals surface area contributed by atoms with Gasteiger partial charge < -0.3 is 9.84 Å². The van der Waals surface area contributed by atoms with Crippen LogP contribution in [0, 0.1) is 28.6 Å². The normalized spacial score (nSPS) is 55.3. The van der Waals surface area contributed by atoms with Crippen LogP contribution in [0.5, 0.6) is 0 Å². The average Bonchev–Trinajstić information content (AvgIpc) is 3.13. The lowest BCUT2D eigenvalue weighted by Gasteiger charge is -2.68. The summed E-state index contributed by atoms with van der Waals surface area (Å²) in [4.78, 5) is 15.0. The van der Waals surface area contributed by atoms with Crippen molar-refractivity contribution in [1.29, 1.82) is 0 Å². The van der Waals surface area contributed by atoms with Crippen molar-refractivity contribution in [2.75, 3.05) is 19.7 Å². The van der Waals surface area contributed by atoms with Gasteiger partial charge in [0, 0.05) is 36.4 Å². The molecule has 5 fully saturated rings. The fraction of sp³-hybridized carbons (Fsp3) is 0.864. The van der Waals surface area contributed by atoms with Crippen LogP contribution in [0.25, 0.3) is 0 Å². The summed E-state index contributed by atoms with van der Waals surface area (Å²) < 4.78 is 5.87. The molecular weight excluding hydrogens is 326 g/mol. The molecule has 0 amide bonds. The van der Waals surface area contributed by atoms with E-state index in [9.17, 15) is 9.90 Å². The number of carbonyl (C=O) groups is 1. The van der Waals surface area contributed by atoms with Gasteiger partial charge in [-0.25, -0.2) is 0 Å². The molecule has 26 heavy (non-hydrogen) atoms. The third kappa shape index (κ3) is 1.60. The molecule has 4 bridgehead atoms. The Hall–Kier alpha value is -0.870. The molecule has 0 aromatic rings. The molecule has 0 spiro atoms. The van der Waals surface area contributed by atoms with Crippen LogP contribution < -0.4 is 0 Å². The zero-order chi connectivity index (χ0) is 17.7. The molecule has 2 saturated carbocycles. The fourth-order valence-electron chi connectivity index (χ4n) is 8.70. The van der Waals surface area contributed by atoms with E-state index in [0.29, 0.717) is 30.8 Å². The Labute approximate surface area is 156 Å². The van der Waals surface area contributed by atoms with Gasteiger partial charge in [0.05, 0.1) is 12.2 Å². The standard InChI is InChI=1S/C22H31NO3/c1-14-11-23-12-16-6-5-15-3-2-4-17(15)21-8-7-18(24)26-13-20(16,21)9-10-22(14,25)19(21)23/h4,14-16,19,25H,2-3,5-13H2,1H3/t14-,15-,16-,19-,20-,21+,22+/m1/s1. The minimum atomic E-state index is -0.597. The second kappa shape index (κ2) is 4.94. The summed E-state index contributed by atoms with van der Waals surface area (Å²) in [6, 6.07) is 0.189. The Balaban J connectivity index is 1.65. The van der Waals surface area contributed by atoms with Gasteiger partial charge in [0.25, 0.3) is 0 Å². The molecule has 0 unspecified atom stereocenters. The number of fused-ring (bicyclic) bond motifs is 1. The minimum Gasteiger partial charge on any atom is -0.465 e. The van der Waals surface area contributed by atoms with Gasteiger partial charge in [0.15, 0.2) is 0 Å². The first-order chi connectivity index (χ1) is 12.5. The summed E-state index contributed by atoms with van der Waals surface area (Å²) in [5.74, 6) is 1.58. The quantitative estimate of drug-likeness (QED) is 0.535. The molecule has 4 nitrogen and oxygen atoms in total. The van der Waals surface area contributed by atoms with Gasteiger partial charge in [-0.05, 0) is 62.7 Å². The molecule has 0 radical (unpaired) electrons. The van der Waals surface area contributed by atoms with Crippen molar-refractivity contribution in [1.82, 2.24) is 4.90 Å². The van der Waals surface area contributed by atoms with Crippen LogP contribution >= 0.6 is 0 Å². The Morgan fingerprint density at radius 3 is 2.96 bits per heavy atom. The van der Waals surface area contributed by atoms with Crippen molar-refractivity contribution in [3.05, 3.63) is 11.6 Å². The van der Waals surface area contributed by atoms with Gasteiger partial charge >= 0.3 is 5.97 Å². The fourth-order valence-corrected chi connectivity index (χ4v) is 8.70. The Kier molecular flexibility index (Phi) is 3.06. The molecule has 3 aliphatic heterocycles. The molecule has 142 valence electrons. The zero-order valence-corrected chi connectivity index (χ0v) is 15.9. The summed E-state index contributed by atoms with van der Waals surface area (Å²) in [5.41, 5.74) is 1.04. The number of cyclic esters (lactones) is 1. The van der Waals surface area contributed by atoms with Crippen LogP contribution in [0.2, 0.25) is 0 Å². The predicted octanol–water partition coefficient (Wildman–Crippen LogP) is 2.90. The number of carbonyl (C=O) groups excluding carboxylic acids is 1. The van der Waals surface area contributed by atoms with Crippen LogP contribution in [-0.4, -0.2) is 47.3 Å². The van der Waals surface area contributed by atoms with Crippen LogP contribution in [0.1, 0.15) is 58.3 Å². The number of piperidine rings is 1. The highest BCUT2D eigenvalue weighted by atomic mass is 16.5. The third-order valence-corrected chi connectivity index (χ3v) is 9.68. The van der Waals surface area contributed by atoms with E-state index < -0.39 is 5.60 Å². The topological polar surface area (TPSA) is 49.8 Å². The van der Waals surface area contributed by atoms with E-state index in [-0.39, 0.29) is 22.8 Å². The highest BCUT2D eigenvalue weighted by Crippen LogP contribution is 2.73. The van der Waals surface area contributed by atoms with E-state index >= 15 is 0 Å². The van der Waals surface area contributed by atoms with Crippen molar-refractivity contribution < 1.29 is 14.6 Å². The maximum absolute atomic E-state index is 12.4. The number of allylic oxidation sites excluding steroid dienone is 1. The first-order valence-electron chi connectivity index (χ1n) is 10.8. The van der Waals surface area contributed by atoms with Gasteiger partial charge in [0.1, 0.15) is 0 Å². The molecule has 3 aliphatic carbocycles. The summed E-state index contributed by atoms with van der Waals surface area (Å²) >= 11 is 0. The van der Waals surface area contributed by atoms with Crippen molar-refractivity contribution in [3.8, 4) is 0 Å². The van der Waals surface area contributed by atoms with E-state index in [1.165, 1.54) is 25.7 Å². The summed E-state index contributed by atoms with van der Waals surface area (Å²) in [7, 11) is 0. The lowest BCUT2D eigenvalue weighted by atomic mass is 9.41. The number of hydrogen-bond acceptors (Lipinski definition) is 4. The van der Waals surface area contributed by atoms with E-state index in [1.807, 2.05) is 0 Å². The largest absolute Gasteiger partial charge is 0.465 e. The number of rotatable bonds is 0. The molecule has 1 N–H and O–H groups in total. The first kappa shape index (κ1) is 16.1. The monoisotopic (exact) mass is 357 g/mol. The smallest absolute Gasteiger partial charge is 0.305 e. The van der Waals surface area contributed by atoms with Crippen molar-refractivity contribution >= 4 is 5.97 Å². The second-order valence-electron chi connectivity index (χ2n) is 10.2. The van der Waals surface area contributed by atoms with Gasteiger partial charge in [-0.2, -0.15) is 0 Å². The Morgan fingerprint density at radius 2 is 2.08 bits per heavy atom. The van der Waals surface area contributed by atoms with E-state index in [1.54, 1.807) is 5.57 Å². The third-order valence-electron chi connectivity index (χ3n) is 9.68. The van der Waals surface area contributed by atoms with Crippen LogP contribution in [0.4, 0.5) is 0 Å². The van der Waals surface area contributed by atoms with E-state index in [0.717, 1.165) is 32.4 Å². The maximum atomic E-state index is 12.4. The van der Waals surface area contributed by atoms with Crippen LogP contribution in [-0.2, 0) is 9.53 Å². The summed E-state index contributed by atoms with van der Waals surface area (Å²) in [6.07, 6.45) is 10.8. The Morgan fingerprint density at radius 1 is 1.19 bits per heavy atom. The number of hydrogen-bond donors (Lipinski definition) is 1. The number of esters is 1. The van der Waals surface area contributed by atoms with Crippen LogP contribution in [0.15, 0.2) is 11.6 Å². The van der Waals surface area contributed by atoms with Crippen molar-refractivity contribution in [3.63, 3.8) is 0 Å². The average molecular weight is 357 g/mol. The first-order valence-corrected chi connectivity index (χ1v) is 10.8. The molecule has 4 heteroatoms. The van der Waals surface area contributed by atoms with Gasteiger partial charge in [0.2, 0.25) is 0 Å². The number of ether oxygens (including phenoxy) is 1. The zero-order valence-electron chi connectivity index (χ0n) is 15.9. The van der Waals surface area contributed by atoms with Crippen molar-refractivity contribution in [2.24, 2.45) is 28.6 Å². The van der Waals surface area contributed by atoms with Gasteiger partial charge in [-0.1, -0.05) is 18.6 Å². The molecule has 6 rings (SSSR count). The molecule has 0 aromatic heterocycles. The molecule has 3 heterocycles. The second-order valence-corrected chi connectivity index (χ2v) is 10.2.